The highest BCUT2D eigenvalue weighted by atomic mass is 16.5. The highest BCUT2D eigenvalue weighted by molar-refractivity contribution is 5.99. The zero-order chi connectivity index (χ0) is 15.7. The summed E-state index contributed by atoms with van der Waals surface area (Å²) in [6.07, 6.45) is 1.59. The molecule has 1 amide bonds. The molecule has 0 unspecified atom stereocenters. The number of aryl methyl sites for hydroxylation is 1. The maximum absolute atomic E-state index is 12.6. The zero-order valence-corrected chi connectivity index (χ0v) is 12.8. The number of nitrogens with zero attached hydrogens (tertiary/aromatic N) is 1. The standard InChI is InChI=1S/C17H17NO4/c1-11-14-9-12(20-3)6-7-15(14)22-16(11)17(19)18(2)10-13-5-4-8-21-13/h4-9H,10H2,1-3H3. The molecule has 0 saturated heterocycles. The summed E-state index contributed by atoms with van der Waals surface area (Å²) in [5.74, 6) is 1.63. The van der Waals surface area contributed by atoms with Gasteiger partial charge in [-0.05, 0) is 37.3 Å². The quantitative estimate of drug-likeness (QED) is 0.738. The minimum atomic E-state index is -0.177. The number of furan rings is 2. The van der Waals surface area contributed by atoms with Crippen molar-refractivity contribution in [1.29, 1.82) is 0 Å². The molecular formula is C17H17NO4. The van der Waals surface area contributed by atoms with Gasteiger partial charge in [-0.15, -0.1) is 0 Å². The third-order valence-electron chi connectivity index (χ3n) is 3.66. The van der Waals surface area contributed by atoms with E-state index in [2.05, 4.69) is 0 Å². The maximum atomic E-state index is 12.6. The molecule has 1 aromatic carbocycles. The molecule has 0 aliphatic heterocycles. The maximum Gasteiger partial charge on any atom is 0.290 e. The Morgan fingerprint density at radius 2 is 2.14 bits per heavy atom. The van der Waals surface area contributed by atoms with Crippen LogP contribution in [0.4, 0.5) is 0 Å². The Bertz CT molecular complexity index is 802. The summed E-state index contributed by atoms with van der Waals surface area (Å²) in [6.45, 7) is 2.27. The van der Waals surface area contributed by atoms with Crippen LogP contribution in [-0.2, 0) is 6.54 Å². The van der Waals surface area contributed by atoms with Crippen molar-refractivity contribution in [3.63, 3.8) is 0 Å². The number of carbonyl (C=O) groups excluding carboxylic acids is 1. The van der Waals surface area contributed by atoms with Crippen LogP contribution < -0.4 is 4.74 Å². The molecule has 3 rings (SSSR count). The summed E-state index contributed by atoms with van der Waals surface area (Å²) >= 11 is 0. The number of fused-ring (bicyclic) bond motifs is 1. The van der Waals surface area contributed by atoms with Gasteiger partial charge in [0.05, 0.1) is 19.9 Å². The van der Waals surface area contributed by atoms with Crippen molar-refractivity contribution in [2.45, 2.75) is 13.5 Å². The lowest BCUT2D eigenvalue weighted by Crippen LogP contribution is -2.26. The minimum Gasteiger partial charge on any atom is -0.497 e. The number of rotatable bonds is 4. The van der Waals surface area contributed by atoms with E-state index in [1.807, 2.05) is 31.2 Å². The van der Waals surface area contributed by atoms with Gasteiger partial charge in [0.1, 0.15) is 17.1 Å². The Balaban J connectivity index is 1.91. The number of methoxy groups -OCH3 is 1. The predicted octanol–water partition coefficient (Wildman–Crippen LogP) is 3.62. The van der Waals surface area contributed by atoms with Crippen LogP contribution in [0.5, 0.6) is 5.75 Å². The molecule has 2 aromatic heterocycles. The van der Waals surface area contributed by atoms with Gasteiger partial charge in [-0.3, -0.25) is 4.79 Å². The molecule has 0 aliphatic carbocycles. The van der Waals surface area contributed by atoms with E-state index in [4.69, 9.17) is 13.6 Å². The van der Waals surface area contributed by atoms with E-state index < -0.39 is 0 Å². The van der Waals surface area contributed by atoms with Crippen molar-refractivity contribution in [2.75, 3.05) is 14.2 Å². The van der Waals surface area contributed by atoms with Gasteiger partial charge in [0.25, 0.3) is 5.91 Å². The molecule has 5 heteroatoms. The van der Waals surface area contributed by atoms with E-state index in [1.165, 1.54) is 0 Å². The van der Waals surface area contributed by atoms with E-state index >= 15 is 0 Å². The van der Waals surface area contributed by atoms with Crippen molar-refractivity contribution in [3.8, 4) is 5.75 Å². The average molecular weight is 299 g/mol. The molecule has 0 N–H and O–H groups in total. The number of carbonyl (C=O) groups is 1. The Hall–Kier alpha value is -2.69. The summed E-state index contributed by atoms with van der Waals surface area (Å²) in [5, 5.41) is 0.883. The Labute approximate surface area is 128 Å². The molecule has 22 heavy (non-hydrogen) atoms. The highest BCUT2D eigenvalue weighted by Gasteiger charge is 2.22. The zero-order valence-electron chi connectivity index (χ0n) is 12.8. The fourth-order valence-electron chi connectivity index (χ4n) is 2.41. The van der Waals surface area contributed by atoms with E-state index in [9.17, 15) is 4.79 Å². The predicted molar refractivity (Wildman–Crippen MR) is 82.0 cm³/mol. The van der Waals surface area contributed by atoms with Crippen LogP contribution in [-0.4, -0.2) is 25.0 Å². The monoisotopic (exact) mass is 299 g/mol. The van der Waals surface area contributed by atoms with Crippen LogP contribution in [0.2, 0.25) is 0 Å². The Morgan fingerprint density at radius 3 is 2.82 bits per heavy atom. The lowest BCUT2D eigenvalue weighted by molar-refractivity contribution is 0.0745. The second-order valence-corrected chi connectivity index (χ2v) is 5.16. The lowest BCUT2D eigenvalue weighted by Gasteiger charge is -2.14. The smallest absolute Gasteiger partial charge is 0.290 e. The van der Waals surface area contributed by atoms with E-state index in [0.717, 1.165) is 22.5 Å². The van der Waals surface area contributed by atoms with Crippen molar-refractivity contribution >= 4 is 16.9 Å². The summed E-state index contributed by atoms with van der Waals surface area (Å²) in [5.41, 5.74) is 1.48. The number of benzene rings is 1. The normalized spacial score (nSPS) is 10.9. The van der Waals surface area contributed by atoms with Crippen molar-refractivity contribution in [2.24, 2.45) is 0 Å². The van der Waals surface area contributed by atoms with Gasteiger partial charge in [0.15, 0.2) is 5.76 Å². The van der Waals surface area contributed by atoms with Crippen LogP contribution in [0.3, 0.4) is 0 Å². The molecule has 0 spiro atoms. The highest BCUT2D eigenvalue weighted by Crippen LogP contribution is 2.29. The molecule has 2 heterocycles. The number of hydrogen-bond donors (Lipinski definition) is 0. The summed E-state index contributed by atoms with van der Waals surface area (Å²) in [6, 6.07) is 9.13. The van der Waals surface area contributed by atoms with Gasteiger partial charge in [-0.25, -0.2) is 0 Å². The van der Waals surface area contributed by atoms with Crippen LogP contribution in [0.1, 0.15) is 21.9 Å². The van der Waals surface area contributed by atoms with Crippen LogP contribution >= 0.6 is 0 Å². The fourth-order valence-corrected chi connectivity index (χ4v) is 2.41. The molecule has 0 atom stereocenters. The van der Waals surface area contributed by atoms with Crippen LogP contribution in [0.15, 0.2) is 45.4 Å². The van der Waals surface area contributed by atoms with Crippen LogP contribution in [0, 0.1) is 6.92 Å². The van der Waals surface area contributed by atoms with Crippen molar-refractivity contribution in [3.05, 3.63) is 53.7 Å². The minimum absolute atomic E-state index is 0.177. The molecule has 0 radical (unpaired) electrons. The van der Waals surface area contributed by atoms with E-state index in [0.29, 0.717) is 17.9 Å². The third kappa shape index (κ3) is 2.45. The van der Waals surface area contributed by atoms with Crippen LogP contribution in [0.25, 0.3) is 11.0 Å². The first-order chi connectivity index (χ1) is 10.6. The molecule has 0 saturated carbocycles. The first-order valence-corrected chi connectivity index (χ1v) is 6.95. The largest absolute Gasteiger partial charge is 0.497 e. The third-order valence-corrected chi connectivity index (χ3v) is 3.66. The van der Waals surface area contributed by atoms with Crippen molar-refractivity contribution < 1.29 is 18.4 Å². The molecule has 5 nitrogen and oxygen atoms in total. The Morgan fingerprint density at radius 1 is 1.32 bits per heavy atom. The van der Waals surface area contributed by atoms with Gasteiger partial charge in [0.2, 0.25) is 0 Å². The molecule has 0 fully saturated rings. The number of hydrogen-bond acceptors (Lipinski definition) is 4. The average Bonchev–Trinajstić information content (AvgIpc) is 3.14. The summed E-state index contributed by atoms with van der Waals surface area (Å²) < 4.78 is 16.2. The topological polar surface area (TPSA) is 55.8 Å². The molecule has 0 bridgehead atoms. The first-order valence-electron chi connectivity index (χ1n) is 6.95. The Kier molecular flexibility index (Phi) is 3.63. The van der Waals surface area contributed by atoms with Gasteiger partial charge < -0.3 is 18.5 Å². The first kappa shape index (κ1) is 14.3. The summed E-state index contributed by atoms with van der Waals surface area (Å²) in [4.78, 5) is 14.1. The lowest BCUT2D eigenvalue weighted by atomic mass is 10.1. The SMILES string of the molecule is COc1ccc2oc(C(=O)N(C)Cc3ccco3)c(C)c2c1. The van der Waals surface area contributed by atoms with Crippen molar-refractivity contribution in [1.82, 2.24) is 4.90 Å². The number of amides is 1. The second-order valence-electron chi connectivity index (χ2n) is 5.16. The summed E-state index contributed by atoms with van der Waals surface area (Å²) in [7, 11) is 3.33. The van der Waals surface area contributed by atoms with E-state index in [-0.39, 0.29) is 5.91 Å². The number of ether oxygens (including phenoxy) is 1. The fraction of sp³-hybridized carbons (Fsp3) is 0.235. The molecule has 0 aliphatic rings. The molecule has 114 valence electrons. The van der Waals surface area contributed by atoms with Gasteiger partial charge in [-0.1, -0.05) is 0 Å². The van der Waals surface area contributed by atoms with E-state index in [1.54, 1.807) is 31.4 Å². The van der Waals surface area contributed by atoms with Gasteiger partial charge in [-0.2, -0.15) is 0 Å². The molecule has 3 aromatic rings. The van der Waals surface area contributed by atoms with Gasteiger partial charge >= 0.3 is 0 Å². The molecular weight excluding hydrogens is 282 g/mol. The second kappa shape index (κ2) is 5.60. The van der Waals surface area contributed by atoms with Gasteiger partial charge in [0, 0.05) is 18.0 Å².